The van der Waals surface area contributed by atoms with E-state index in [0.717, 1.165) is 11.3 Å². The van der Waals surface area contributed by atoms with Crippen LogP contribution in [0.4, 0.5) is 9.52 Å². The number of anilines is 1. The second-order valence-corrected chi connectivity index (χ2v) is 6.46. The van der Waals surface area contributed by atoms with Crippen LogP contribution in [-0.4, -0.2) is 18.6 Å². The van der Waals surface area contributed by atoms with Crippen LogP contribution in [0, 0.1) is 5.82 Å². The molecule has 1 aromatic carbocycles. The molecule has 0 aliphatic carbocycles. The van der Waals surface area contributed by atoms with Crippen molar-refractivity contribution in [1.82, 2.24) is 10.2 Å². The molecule has 2 aromatic rings. The molecule has 0 fully saturated rings. The highest BCUT2D eigenvalue weighted by atomic mass is 32.2. The fourth-order valence-corrected chi connectivity index (χ4v) is 3.41. The van der Waals surface area contributed by atoms with E-state index in [1.807, 2.05) is 0 Å². The van der Waals surface area contributed by atoms with E-state index in [0.29, 0.717) is 5.56 Å². The standard InChI is InChI=1S/C9H8FN3O2S2/c10-7-3-1-6(2-4-7)5-17(14,15)9-13-12-8(11)16-9/h1-4H,5H2,(H2,11,12). The maximum Gasteiger partial charge on any atom is 0.234 e. The Morgan fingerprint density at radius 3 is 2.41 bits per heavy atom. The van der Waals surface area contributed by atoms with Gasteiger partial charge in [0.2, 0.25) is 19.3 Å². The van der Waals surface area contributed by atoms with Crippen molar-refractivity contribution >= 4 is 26.3 Å². The second kappa shape index (κ2) is 4.38. The number of hydrogen-bond acceptors (Lipinski definition) is 6. The van der Waals surface area contributed by atoms with Crippen LogP contribution in [0.5, 0.6) is 0 Å². The molecule has 0 saturated carbocycles. The lowest BCUT2D eigenvalue weighted by atomic mass is 10.2. The number of halogens is 1. The Bertz CT molecular complexity index is 622. The van der Waals surface area contributed by atoms with Gasteiger partial charge in [0.15, 0.2) is 0 Å². The highest BCUT2D eigenvalue weighted by Gasteiger charge is 2.20. The summed E-state index contributed by atoms with van der Waals surface area (Å²) < 4.78 is 36.3. The summed E-state index contributed by atoms with van der Waals surface area (Å²) in [5.74, 6) is -0.659. The Morgan fingerprint density at radius 2 is 1.88 bits per heavy atom. The van der Waals surface area contributed by atoms with E-state index >= 15 is 0 Å². The van der Waals surface area contributed by atoms with E-state index < -0.39 is 15.7 Å². The van der Waals surface area contributed by atoms with E-state index in [4.69, 9.17) is 5.73 Å². The predicted molar refractivity (Wildman–Crippen MR) is 61.6 cm³/mol. The summed E-state index contributed by atoms with van der Waals surface area (Å²) in [7, 11) is -3.56. The van der Waals surface area contributed by atoms with Gasteiger partial charge >= 0.3 is 0 Å². The van der Waals surface area contributed by atoms with Crippen molar-refractivity contribution < 1.29 is 12.8 Å². The van der Waals surface area contributed by atoms with Crippen molar-refractivity contribution in [2.45, 2.75) is 10.1 Å². The third-order valence-electron chi connectivity index (χ3n) is 1.96. The third kappa shape index (κ3) is 2.77. The van der Waals surface area contributed by atoms with Crippen LogP contribution in [0.25, 0.3) is 0 Å². The fraction of sp³-hybridized carbons (Fsp3) is 0.111. The van der Waals surface area contributed by atoms with Crippen LogP contribution in [0.15, 0.2) is 28.6 Å². The molecule has 2 N–H and O–H groups in total. The Balaban J connectivity index is 2.26. The molecule has 1 heterocycles. The minimum atomic E-state index is -3.56. The van der Waals surface area contributed by atoms with Crippen molar-refractivity contribution in [3.05, 3.63) is 35.6 Å². The molecular formula is C9H8FN3O2S2. The monoisotopic (exact) mass is 273 g/mol. The smallest absolute Gasteiger partial charge is 0.234 e. The number of benzene rings is 1. The zero-order valence-corrected chi connectivity index (χ0v) is 10.1. The number of nitrogens with zero attached hydrogens (tertiary/aromatic N) is 2. The maximum atomic E-state index is 12.7. The largest absolute Gasteiger partial charge is 0.374 e. The Morgan fingerprint density at radius 1 is 1.24 bits per heavy atom. The Hall–Kier alpha value is -1.54. The lowest BCUT2D eigenvalue weighted by Crippen LogP contribution is -2.04. The molecule has 5 nitrogen and oxygen atoms in total. The van der Waals surface area contributed by atoms with Crippen LogP contribution >= 0.6 is 11.3 Å². The lowest BCUT2D eigenvalue weighted by molar-refractivity contribution is 0.593. The summed E-state index contributed by atoms with van der Waals surface area (Å²) in [5, 5.41) is 7.03. The van der Waals surface area contributed by atoms with Gasteiger partial charge in [-0.05, 0) is 17.7 Å². The van der Waals surface area contributed by atoms with Gasteiger partial charge in [0.1, 0.15) is 5.82 Å². The first-order valence-electron chi connectivity index (χ1n) is 4.53. The predicted octanol–water partition coefficient (Wildman–Crippen LogP) is 1.23. The number of rotatable bonds is 3. The van der Waals surface area contributed by atoms with Gasteiger partial charge in [0, 0.05) is 0 Å². The van der Waals surface area contributed by atoms with Gasteiger partial charge in [-0.15, -0.1) is 10.2 Å². The van der Waals surface area contributed by atoms with Gasteiger partial charge in [0.25, 0.3) is 0 Å². The molecule has 0 atom stereocenters. The second-order valence-electron chi connectivity index (χ2n) is 3.29. The first-order valence-corrected chi connectivity index (χ1v) is 7.00. The summed E-state index contributed by atoms with van der Waals surface area (Å²) in [6.45, 7) is 0. The number of aromatic nitrogens is 2. The average Bonchev–Trinajstić information content (AvgIpc) is 2.69. The fourth-order valence-electron chi connectivity index (χ4n) is 1.21. The molecule has 0 amide bonds. The van der Waals surface area contributed by atoms with Crippen LogP contribution in [0.2, 0.25) is 0 Å². The zero-order chi connectivity index (χ0) is 12.5. The van der Waals surface area contributed by atoms with E-state index in [2.05, 4.69) is 10.2 Å². The summed E-state index contributed by atoms with van der Waals surface area (Å²) in [6.07, 6.45) is 0. The molecule has 90 valence electrons. The molecule has 0 aliphatic rings. The van der Waals surface area contributed by atoms with Crippen molar-refractivity contribution in [2.75, 3.05) is 5.73 Å². The van der Waals surface area contributed by atoms with Gasteiger partial charge in [-0.3, -0.25) is 0 Å². The Kier molecular flexibility index (Phi) is 3.07. The first kappa shape index (κ1) is 11.9. The van der Waals surface area contributed by atoms with Gasteiger partial charge in [-0.25, -0.2) is 12.8 Å². The van der Waals surface area contributed by atoms with E-state index in [-0.39, 0.29) is 15.2 Å². The highest BCUT2D eigenvalue weighted by molar-refractivity contribution is 7.92. The molecule has 17 heavy (non-hydrogen) atoms. The number of nitrogens with two attached hydrogens (primary N) is 1. The van der Waals surface area contributed by atoms with E-state index in [9.17, 15) is 12.8 Å². The lowest BCUT2D eigenvalue weighted by Gasteiger charge is -2.00. The van der Waals surface area contributed by atoms with E-state index in [1.54, 1.807) is 0 Å². The normalized spacial score (nSPS) is 11.6. The molecular weight excluding hydrogens is 265 g/mol. The molecule has 0 bridgehead atoms. The minimum Gasteiger partial charge on any atom is -0.374 e. The van der Waals surface area contributed by atoms with Crippen LogP contribution < -0.4 is 5.73 Å². The average molecular weight is 273 g/mol. The summed E-state index contributed by atoms with van der Waals surface area (Å²) in [4.78, 5) is 0. The molecule has 0 saturated heterocycles. The molecule has 8 heteroatoms. The summed E-state index contributed by atoms with van der Waals surface area (Å²) in [5.41, 5.74) is 5.81. The van der Waals surface area contributed by atoms with Gasteiger partial charge in [0.05, 0.1) is 5.75 Å². The quantitative estimate of drug-likeness (QED) is 0.909. The van der Waals surface area contributed by atoms with Crippen molar-refractivity contribution in [3.63, 3.8) is 0 Å². The van der Waals surface area contributed by atoms with Crippen LogP contribution in [0.1, 0.15) is 5.56 Å². The number of sulfone groups is 1. The molecule has 2 rings (SSSR count). The topological polar surface area (TPSA) is 85.9 Å². The van der Waals surface area contributed by atoms with Gasteiger partial charge < -0.3 is 5.73 Å². The molecule has 0 spiro atoms. The van der Waals surface area contributed by atoms with Crippen molar-refractivity contribution in [2.24, 2.45) is 0 Å². The number of hydrogen-bond donors (Lipinski definition) is 1. The zero-order valence-electron chi connectivity index (χ0n) is 8.50. The van der Waals surface area contributed by atoms with Crippen LogP contribution in [0.3, 0.4) is 0 Å². The SMILES string of the molecule is Nc1nnc(S(=O)(=O)Cc2ccc(F)cc2)s1. The first-order chi connectivity index (χ1) is 7.97. The van der Waals surface area contributed by atoms with Crippen molar-refractivity contribution in [3.8, 4) is 0 Å². The van der Waals surface area contributed by atoms with Gasteiger partial charge in [-0.2, -0.15) is 0 Å². The third-order valence-corrected chi connectivity index (χ3v) is 4.84. The highest BCUT2D eigenvalue weighted by Crippen LogP contribution is 2.21. The summed E-state index contributed by atoms with van der Waals surface area (Å²) >= 11 is 0.811. The van der Waals surface area contributed by atoms with E-state index in [1.165, 1.54) is 24.3 Å². The minimum absolute atomic E-state index is 0.0997. The van der Waals surface area contributed by atoms with Crippen molar-refractivity contribution in [1.29, 1.82) is 0 Å². The maximum absolute atomic E-state index is 12.7. The van der Waals surface area contributed by atoms with Gasteiger partial charge in [-0.1, -0.05) is 23.5 Å². The molecule has 0 radical (unpaired) electrons. The Labute approximate surface area is 101 Å². The van der Waals surface area contributed by atoms with Crippen LogP contribution in [-0.2, 0) is 15.6 Å². The summed E-state index contributed by atoms with van der Waals surface area (Å²) in [6, 6.07) is 5.24. The molecule has 0 unspecified atom stereocenters. The molecule has 0 aliphatic heterocycles. The molecule has 1 aromatic heterocycles. The number of nitrogen functional groups attached to an aromatic ring is 1.